The van der Waals surface area contributed by atoms with E-state index in [2.05, 4.69) is 19.1 Å². The molecule has 0 aromatic heterocycles. The van der Waals surface area contributed by atoms with Crippen LogP contribution in [0.5, 0.6) is 5.75 Å². The third kappa shape index (κ3) is 3.27. The molecule has 0 fully saturated rings. The van der Waals surface area contributed by atoms with Crippen molar-refractivity contribution in [2.24, 2.45) is 0 Å². The summed E-state index contributed by atoms with van der Waals surface area (Å²) in [7, 11) is 0. The molecule has 2 aromatic carbocycles. The van der Waals surface area contributed by atoms with E-state index in [4.69, 9.17) is 10.5 Å². The average molecular weight is 241 g/mol. The molecule has 0 atom stereocenters. The molecular formula is C16H19NO. The molecular weight excluding hydrogens is 222 g/mol. The number of aryl methyl sites for hydroxylation is 1. The fourth-order valence-corrected chi connectivity index (χ4v) is 1.94. The summed E-state index contributed by atoms with van der Waals surface area (Å²) in [5.41, 5.74) is 8.97. The van der Waals surface area contributed by atoms with Gasteiger partial charge in [0.05, 0.1) is 0 Å². The van der Waals surface area contributed by atoms with Crippen LogP contribution in [-0.4, -0.2) is 0 Å². The highest BCUT2D eigenvalue weighted by atomic mass is 16.5. The quantitative estimate of drug-likeness (QED) is 0.808. The molecule has 0 radical (unpaired) electrons. The Morgan fingerprint density at radius 2 is 1.83 bits per heavy atom. The van der Waals surface area contributed by atoms with Crippen molar-refractivity contribution < 1.29 is 4.74 Å². The van der Waals surface area contributed by atoms with Crippen molar-refractivity contribution in [3.8, 4) is 5.75 Å². The Morgan fingerprint density at radius 3 is 2.56 bits per heavy atom. The van der Waals surface area contributed by atoms with Crippen LogP contribution in [-0.2, 0) is 13.0 Å². The Kier molecular flexibility index (Phi) is 4.24. The minimum Gasteiger partial charge on any atom is -0.489 e. The predicted molar refractivity (Wildman–Crippen MR) is 75.6 cm³/mol. The van der Waals surface area contributed by atoms with Crippen LogP contribution in [0.15, 0.2) is 48.5 Å². The lowest BCUT2D eigenvalue weighted by Crippen LogP contribution is -1.99. The average Bonchev–Trinajstić information content (AvgIpc) is 2.39. The highest BCUT2D eigenvalue weighted by molar-refractivity contribution is 5.48. The Bertz CT molecular complexity index is 494. The van der Waals surface area contributed by atoms with E-state index in [0.29, 0.717) is 6.61 Å². The molecule has 2 rings (SSSR count). The van der Waals surface area contributed by atoms with Crippen LogP contribution < -0.4 is 10.5 Å². The SMILES string of the molecule is CCCc1cc(N)ccc1OCc1ccccc1. The molecule has 0 unspecified atom stereocenters. The molecule has 0 aliphatic heterocycles. The van der Waals surface area contributed by atoms with E-state index in [1.165, 1.54) is 11.1 Å². The molecule has 0 saturated heterocycles. The van der Waals surface area contributed by atoms with Crippen LogP contribution in [0.2, 0.25) is 0 Å². The van der Waals surface area contributed by atoms with Gasteiger partial charge in [-0.2, -0.15) is 0 Å². The zero-order valence-corrected chi connectivity index (χ0v) is 10.7. The first-order chi connectivity index (χ1) is 8.79. The number of hydrogen-bond acceptors (Lipinski definition) is 2. The molecule has 0 spiro atoms. The lowest BCUT2D eigenvalue weighted by molar-refractivity contribution is 0.303. The molecule has 0 amide bonds. The summed E-state index contributed by atoms with van der Waals surface area (Å²) in [6.45, 7) is 2.76. The molecule has 0 bridgehead atoms. The minimum atomic E-state index is 0.599. The van der Waals surface area contributed by atoms with Crippen LogP contribution >= 0.6 is 0 Å². The molecule has 0 aliphatic rings. The second kappa shape index (κ2) is 6.10. The van der Waals surface area contributed by atoms with E-state index >= 15 is 0 Å². The summed E-state index contributed by atoms with van der Waals surface area (Å²) in [5, 5.41) is 0. The first-order valence-corrected chi connectivity index (χ1v) is 6.34. The topological polar surface area (TPSA) is 35.2 Å². The van der Waals surface area contributed by atoms with E-state index in [-0.39, 0.29) is 0 Å². The number of nitrogen functional groups attached to an aromatic ring is 1. The van der Waals surface area contributed by atoms with Gasteiger partial charge < -0.3 is 10.5 Å². The van der Waals surface area contributed by atoms with E-state index in [1.807, 2.05) is 36.4 Å². The highest BCUT2D eigenvalue weighted by Gasteiger charge is 2.04. The lowest BCUT2D eigenvalue weighted by Gasteiger charge is -2.12. The Labute approximate surface area is 108 Å². The van der Waals surface area contributed by atoms with Crippen molar-refractivity contribution in [2.45, 2.75) is 26.4 Å². The van der Waals surface area contributed by atoms with Gasteiger partial charge in [-0.15, -0.1) is 0 Å². The maximum atomic E-state index is 5.88. The zero-order chi connectivity index (χ0) is 12.8. The summed E-state index contributed by atoms with van der Waals surface area (Å²) in [6, 6.07) is 16.0. The van der Waals surface area contributed by atoms with Crippen LogP contribution in [0.1, 0.15) is 24.5 Å². The van der Waals surface area contributed by atoms with Gasteiger partial charge in [-0.25, -0.2) is 0 Å². The second-order valence-electron chi connectivity index (χ2n) is 4.39. The fourth-order valence-electron chi connectivity index (χ4n) is 1.94. The van der Waals surface area contributed by atoms with E-state index in [1.54, 1.807) is 0 Å². The first kappa shape index (κ1) is 12.5. The first-order valence-electron chi connectivity index (χ1n) is 6.34. The number of nitrogens with two attached hydrogens (primary N) is 1. The molecule has 0 heterocycles. The maximum Gasteiger partial charge on any atom is 0.123 e. The van der Waals surface area contributed by atoms with Gasteiger partial charge in [-0.3, -0.25) is 0 Å². The molecule has 2 N–H and O–H groups in total. The van der Waals surface area contributed by atoms with Crippen molar-refractivity contribution in [1.29, 1.82) is 0 Å². The molecule has 2 heteroatoms. The molecule has 2 nitrogen and oxygen atoms in total. The minimum absolute atomic E-state index is 0.599. The van der Waals surface area contributed by atoms with Crippen molar-refractivity contribution in [2.75, 3.05) is 5.73 Å². The summed E-state index contributed by atoms with van der Waals surface area (Å²) < 4.78 is 5.88. The van der Waals surface area contributed by atoms with Crippen LogP contribution in [0, 0.1) is 0 Å². The Morgan fingerprint density at radius 1 is 1.06 bits per heavy atom. The number of hydrogen-bond donors (Lipinski definition) is 1. The van der Waals surface area contributed by atoms with Gasteiger partial charge in [0, 0.05) is 5.69 Å². The van der Waals surface area contributed by atoms with E-state index < -0.39 is 0 Å². The Balaban J connectivity index is 2.09. The Hall–Kier alpha value is -1.96. The third-order valence-electron chi connectivity index (χ3n) is 2.84. The fraction of sp³-hybridized carbons (Fsp3) is 0.250. The van der Waals surface area contributed by atoms with E-state index in [0.717, 1.165) is 24.3 Å². The third-order valence-corrected chi connectivity index (χ3v) is 2.84. The largest absolute Gasteiger partial charge is 0.489 e. The maximum absolute atomic E-state index is 5.88. The summed E-state index contributed by atoms with van der Waals surface area (Å²) in [4.78, 5) is 0. The molecule has 2 aromatic rings. The van der Waals surface area contributed by atoms with Crippen molar-refractivity contribution in [3.05, 3.63) is 59.7 Å². The van der Waals surface area contributed by atoms with E-state index in [9.17, 15) is 0 Å². The number of ether oxygens (including phenoxy) is 1. The van der Waals surface area contributed by atoms with Crippen molar-refractivity contribution in [3.63, 3.8) is 0 Å². The summed E-state index contributed by atoms with van der Waals surface area (Å²) in [6.07, 6.45) is 2.08. The standard InChI is InChI=1S/C16H19NO/c1-2-6-14-11-15(17)9-10-16(14)18-12-13-7-4-3-5-8-13/h3-5,7-11H,2,6,12,17H2,1H3. The normalized spacial score (nSPS) is 10.3. The van der Waals surface area contributed by atoms with Gasteiger partial charge in [0.2, 0.25) is 0 Å². The lowest BCUT2D eigenvalue weighted by atomic mass is 10.1. The second-order valence-corrected chi connectivity index (χ2v) is 4.39. The smallest absolute Gasteiger partial charge is 0.123 e. The monoisotopic (exact) mass is 241 g/mol. The van der Waals surface area contributed by atoms with Crippen LogP contribution in [0.25, 0.3) is 0 Å². The van der Waals surface area contributed by atoms with Gasteiger partial charge in [0.1, 0.15) is 12.4 Å². The van der Waals surface area contributed by atoms with Gasteiger partial charge in [0.15, 0.2) is 0 Å². The van der Waals surface area contributed by atoms with Crippen molar-refractivity contribution in [1.82, 2.24) is 0 Å². The zero-order valence-electron chi connectivity index (χ0n) is 10.7. The molecule has 94 valence electrons. The summed E-state index contributed by atoms with van der Waals surface area (Å²) >= 11 is 0. The predicted octanol–water partition coefficient (Wildman–Crippen LogP) is 3.80. The number of rotatable bonds is 5. The molecule has 0 aliphatic carbocycles. The number of benzene rings is 2. The molecule has 0 saturated carbocycles. The van der Waals surface area contributed by atoms with Gasteiger partial charge in [-0.1, -0.05) is 43.7 Å². The van der Waals surface area contributed by atoms with Gasteiger partial charge in [0.25, 0.3) is 0 Å². The van der Waals surface area contributed by atoms with Crippen molar-refractivity contribution >= 4 is 5.69 Å². The number of anilines is 1. The van der Waals surface area contributed by atoms with Crippen LogP contribution in [0.3, 0.4) is 0 Å². The molecule has 18 heavy (non-hydrogen) atoms. The van der Waals surface area contributed by atoms with Crippen LogP contribution in [0.4, 0.5) is 5.69 Å². The van der Waals surface area contributed by atoms with Gasteiger partial charge in [-0.05, 0) is 35.7 Å². The highest BCUT2D eigenvalue weighted by Crippen LogP contribution is 2.23. The summed E-state index contributed by atoms with van der Waals surface area (Å²) in [5.74, 6) is 0.940. The van der Waals surface area contributed by atoms with Gasteiger partial charge >= 0.3 is 0 Å².